The number of rotatable bonds is 1. The van der Waals surface area contributed by atoms with E-state index in [1.54, 1.807) is 13.1 Å². The molecule has 13 heavy (non-hydrogen) atoms. The summed E-state index contributed by atoms with van der Waals surface area (Å²) in [7, 11) is 1.63. The summed E-state index contributed by atoms with van der Waals surface area (Å²) in [6.07, 6.45) is 0.903. The van der Waals surface area contributed by atoms with Crippen LogP contribution in [0.25, 0.3) is 0 Å². The van der Waals surface area contributed by atoms with E-state index in [9.17, 15) is 4.79 Å². The third kappa shape index (κ3) is 1.37. The molecule has 0 spiro atoms. The van der Waals surface area contributed by atoms with Crippen molar-refractivity contribution in [2.45, 2.75) is 6.42 Å². The van der Waals surface area contributed by atoms with Gasteiger partial charge in [0.15, 0.2) is 0 Å². The monoisotopic (exact) mass is 177 g/mol. The van der Waals surface area contributed by atoms with Gasteiger partial charge in [-0.1, -0.05) is 0 Å². The van der Waals surface area contributed by atoms with Gasteiger partial charge in [-0.05, 0) is 23.8 Å². The smallest absolute Gasteiger partial charge is 0.251 e. The van der Waals surface area contributed by atoms with Crippen LogP contribution in [0.5, 0.6) is 5.75 Å². The molecule has 0 saturated carbocycles. The summed E-state index contributed by atoms with van der Waals surface area (Å²) < 4.78 is 5.34. The molecule has 2 rings (SSSR count). The van der Waals surface area contributed by atoms with Crippen LogP contribution in [0.3, 0.4) is 0 Å². The molecule has 0 atom stereocenters. The maximum atomic E-state index is 11.3. The summed E-state index contributed by atoms with van der Waals surface area (Å²) >= 11 is 0. The maximum absolute atomic E-state index is 11.3. The first-order chi connectivity index (χ1) is 6.31. The normalized spacial score (nSPS) is 13.3. The fourth-order valence-electron chi connectivity index (χ4n) is 1.47. The van der Waals surface area contributed by atoms with Crippen molar-refractivity contribution in [3.63, 3.8) is 0 Å². The lowest BCUT2D eigenvalue weighted by Crippen LogP contribution is -2.17. The molecule has 1 amide bonds. The fourth-order valence-corrected chi connectivity index (χ4v) is 1.47. The highest BCUT2D eigenvalue weighted by molar-refractivity contribution is 5.94. The largest absolute Gasteiger partial charge is 0.493 e. The first-order valence-electron chi connectivity index (χ1n) is 4.29. The second-order valence-corrected chi connectivity index (χ2v) is 3.00. The Morgan fingerprint density at radius 1 is 1.54 bits per heavy atom. The van der Waals surface area contributed by atoms with Gasteiger partial charge in [0.05, 0.1) is 6.61 Å². The Kier molecular flexibility index (Phi) is 1.93. The van der Waals surface area contributed by atoms with Crippen molar-refractivity contribution >= 4 is 5.91 Å². The molecular formula is C10H11NO2. The number of carbonyl (C=O) groups excluding carboxylic acids is 1. The zero-order valence-corrected chi connectivity index (χ0v) is 7.46. The second-order valence-electron chi connectivity index (χ2n) is 3.00. The molecule has 0 bridgehead atoms. The van der Waals surface area contributed by atoms with Gasteiger partial charge in [-0.15, -0.1) is 0 Å². The molecule has 0 radical (unpaired) electrons. The van der Waals surface area contributed by atoms with Crippen LogP contribution in [0, 0.1) is 0 Å². The van der Waals surface area contributed by atoms with E-state index in [4.69, 9.17) is 4.74 Å². The lowest BCUT2D eigenvalue weighted by Gasteiger charge is -2.02. The van der Waals surface area contributed by atoms with Gasteiger partial charge in [0.1, 0.15) is 5.75 Å². The number of hydrogen-bond donors (Lipinski definition) is 1. The molecule has 1 heterocycles. The van der Waals surface area contributed by atoms with Gasteiger partial charge in [0.2, 0.25) is 0 Å². The van der Waals surface area contributed by atoms with Crippen LogP contribution in [0.1, 0.15) is 15.9 Å². The lowest BCUT2D eigenvalue weighted by molar-refractivity contribution is 0.0963. The van der Waals surface area contributed by atoms with Gasteiger partial charge in [0.25, 0.3) is 5.91 Å². The SMILES string of the molecule is CNC(=O)c1ccc2c(c1)CCO2. The van der Waals surface area contributed by atoms with Crippen molar-refractivity contribution in [1.29, 1.82) is 0 Å². The quantitative estimate of drug-likeness (QED) is 0.694. The van der Waals surface area contributed by atoms with Gasteiger partial charge in [-0.25, -0.2) is 0 Å². The highest BCUT2D eigenvalue weighted by Crippen LogP contribution is 2.25. The Morgan fingerprint density at radius 2 is 2.38 bits per heavy atom. The van der Waals surface area contributed by atoms with E-state index in [0.29, 0.717) is 5.56 Å². The van der Waals surface area contributed by atoms with Gasteiger partial charge in [-0.3, -0.25) is 4.79 Å². The highest BCUT2D eigenvalue weighted by atomic mass is 16.5. The molecule has 1 aromatic rings. The number of carbonyl (C=O) groups is 1. The average Bonchev–Trinajstić information content (AvgIpc) is 2.63. The van der Waals surface area contributed by atoms with E-state index in [0.717, 1.165) is 24.3 Å². The third-order valence-electron chi connectivity index (χ3n) is 2.18. The van der Waals surface area contributed by atoms with Crippen molar-refractivity contribution in [2.24, 2.45) is 0 Å². The topological polar surface area (TPSA) is 38.3 Å². The summed E-state index contributed by atoms with van der Waals surface area (Å²) in [5.41, 5.74) is 1.83. The molecule has 3 heteroatoms. The summed E-state index contributed by atoms with van der Waals surface area (Å²) in [4.78, 5) is 11.3. The maximum Gasteiger partial charge on any atom is 0.251 e. The first-order valence-corrected chi connectivity index (χ1v) is 4.29. The molecule has 1 aromatic carbocycles. The van der Waals surface area contributed by atoms with Crippen LogP contribution in [-0.4, -0.2) is 19.6 Å². The predicted molar refractivity (Wildman–Crippen MR) is 49.0 cm³/mol. The van der Waals surface area contributed by atoms with Gasteiger partial charge >= 0.3 is 0 Å². The summed E-state index contributed by atoms with van der Waals surface area (Å²) in [5, 5.41) is 2.59. The zero-order valence-electron chi connectivity index (χ0n) is 7.46. The van der Waals surface area contributed by atoms with Crippen LogP contribution in [0.15, 0.2) is 18.2 Å². The molecule has 0 saturated heterocycles. The van der Waals surface area contributed by atoms with Crippen molar-refractivity contribution in [3.05, 3.63) is 29.3 Å². The molecule has 68 valence electrons. The van der Waals surface area contributed by atoms with Gasteiger partial charge in [0, 0.05) is 19.0 Å². The molecule has 3 nitrogen and oxygen atoms in total. The Bertz CT molecular complexity index is 347. The number of ether oxygens (including phenoxy) is 1. The number of amides is 1. The number of hydrogen-bond acceptors (Lipinski definition) is 2. The van der Waals surface area contributed by atoms with E-state index in [1.165, 1.54) is 0 Å². The summed E-state index contributed by atoms with van der Waals surface area (Å²) in [6.45, 7) is 0.729. The van der Waals surface area contributed by atoms with Crippen molar-refractivity contribution in [3.8, 4) is 5.75 Å². The van der Waals surface area contributed by atoms with E-state index in [1.807, 2.05) is 12.1 Å². The van der Waals surface area contributed by atoms with E-state index < -0.39 is 0 Å². The number of fused-ring (bicyclic) bond motifs is 1. The lowest BCUT2D eigenvalue weighted by atomic mass is 10.1. The van der Waals surface area contributed by atoms with Crippen molar-refractivity contribution in [1.82, 2.24) is 5.32 Å². The summed E-state index contributed by atoms with van der Waals surface area (Å²) in [5.74, 6) is 0.863. The van der Waals surface area contributed by atoms with Crippen molar-refractivity contribution in [2.75, 3.05) is 13.7 Å². The third-order valence-corrected chi connectivity index (χ3v) is 2.18. The van der Waals surface area contributed by atoms with Crippen molar-refractivity contribution < 1.29 is 9.53 Å². The van der Waals surface area contributed by atoms with E-state index in [2.05, 4.69) is 5.32 Å². The van der Waals surface area contributed by atoms with E-state index in [-0.39, 0.29) is 5.91 Å². The molecule has 0 unspecified atom stereocenters. The van der Waals surface area contributed by atoms with E-state index >= 15 is 0 Å². The molecule has 0 aromatic heterocycles. The van der Waals surface area contributed by atoms with Crippen LogP contribution >= 0.6 is 0 Å². The van der Waals surface area contributed by atoms with Gasteiger partial charge < -0.3 is 10.1 Å². The number of benzene rings is 1. The summed E-state index contributed by atoms with van der Waals surface area (Å²) in [6, 6.07) is 5.52. The Labute approximate surface area is 76.7 Å². The predicted octanol–water partition coefficient (Wildman–Crippen LogP) is 0.981. The fraction of sp³-hybridized carbons (Fsp3) is 0.300. The Hall–Kier alpha value is -1.51. The average molecular weight is 177 g/mol. The zero-order chi connectivity index (χ0) is 9.26. The highest BCUT2D eigenvalue weighted by Gasteiger charge is 2.13. The molecule has 1 N–H and O–H groups in total. The molecule has 0 aliphatic carbocycles. The van der Waals surface area contributed by atoms with Crippen LogP contribution in [0.4, 0.5) is 0 Å². The molecule has 1 aliphatic rings. The van der Waals surface area contributed by atoms with Gasteiger partial charge in [-0.2, -0.15) is 0 Å². The Balaban J connectivity index is 2.36. The molecular weight excluding hydrogens is 166 g/mol. The molecule has 0 fully saturated rings. The second kappa shape index (κ2) is 3.09. The standard InChI is InChI=1S/C10H11NO2/c1-11-10(12)8-2-3-9-7(6-8)4-5-13-9/h2-3,6H,4-5H2,1H3,(H,11,12). The minimum Gasteiger partial charge on any atom is -0.493 e. The van der Waals surface area contributed by atoms with Crippen LogP contribution in [0.2, 0.25) is 0 Å². The first kappa shape index (κ1) is 8.10. The minimum absolute atomic E-state index is 0.0466. The van der Waals surface area contributed by atoms with Crippen LogP contribution < -0.4 is 10.1 Å². The Morgan fingerprint density at radius 3 is 3.15 bits per heavy atom. The van der Waals surface area contributed by atoms with Crippen LogP contribution in [-0.2, 0) is 6.42 Å². The minimum atomic E-state index is -0.0466. The molecule has 1 aliphatic heterocycles. The number of nitrogens with one attached hydrogen (secondary N) is 1.